The fraction of sp³-hybridized carbons (Fsp3) is 0.469. The van der Waals surface area contributed by atoms with Crippen LogP contribution in [-0.2, 0) is 75.1 Å². The van der Waals surface area contributed by atoms with Crippen molar-refractivity contribution in [2.24, 2.45) is 0 Å². The van der Waals surface area contributed by atoms with Crippen molar-refractivity contribution < 1.29 is 61.9 Å². The molecule has 6 atom stereocenters. The summed E-state index contributed by atoms with van der Waals surface area (Å²) < 4.78 is 46.4. The Kier molecular flexibility index (Phi) is 13.0. The molecule has 13 heteroatoms. The summed E-state index contributed by atoms with van der Waals surface area (Å²) in [4.78, 5) is 61.3. The molecule has 0 aliphatic carbocycles. The second-order valence-electron chi connectivity index (χ2n) is 10.3. The largest absolute Gasteiger partial charge is 0.463 e. The number of rotatable bonds is 14. The zero-order valence-corrected chi connectivity index (χ0v) is 25.8. The van der Waals surface area contributed by atoms with Gasteiger partial charge in [0.1, 0.15) is 24.9 Å². The molecule has 1 aliphatic heterocycles. The number of hydrogen-bond acceptors (Lipinski definition) is 13. The Morgan fingerprint density at radius 3 is 1.76 bits per heavy atom. The number of hydrogen-bond donors (Lipinski definition) is 0. The van der Waals surface area contributed by atoms with E-state index in [0.29, 0.717) is 0 Å². The van der Waals surface area contributed by atoms with Crippen molar-refractivity contribution in [1.29, 1.82) is 0 Å². The standard InChI is InChI=1S/C32H38O13/c1-20(33)38-18-27(39-16-25-12-8-6-9-13-25)28-29(40-17-26-14-10-7-11-15-26)30(42-22(3)35)31(43-23(4)36)32(45-28,44-24(5)37)19-41-21(2)34/h6-15,27-31H,16-19H2,1-5H3/t27-,28-,29-,30+,31+,32+/m1/s1. The quantitative estimate of drug-likeness (QED) is 0.222. The van der Waals surface area contributed by atoms with E-state index in [2.05, 4.69) is 0 Å². The van der Waals surface area contributed by atoms with Gasteiger partial charge in [0, 0.05) is 34.6 Å². The van der Waals surface area contributed by atoms with Crippen molar-refractivity contribution in [2.45, 2.75) is 84.1 Å². The van der Waals surface area contributed by atoms with Gasteiger partial charge in [-0.2, -0.15) is 0 Å². The van der Waals surface area contributed by atoms with Crippen molar-refractivity contribution in [3.05, 3.63) is 71.8 Å². The van der Waals surface area contributed by atoms with Crippen LogP contribution in [-0.4, -0.2) is 79.4 Å². The molecule has 0 spiro atoms. The number of ether oxygens (including phenoxy) is 8. The molecule has 1 saturated heterocycles. The SMILES string of the molecule is CC(=O)OC[C@@H](OCc1ccccc1)[C@H]1O[C@](COC(C)=O)(OC(C)=O)[C@@H](OC(C)=O)[C@@H](OC(C)=O)[C@@H]1OCc1ccccc1. The Hall–Kier alpha value is -4.33. The highest BCUT2D eigenvalue weighted by Gasteiger charge is 2.63. The molecule has 2 aromatic carbocycles. The van der Waals surface area contributed by atoms with Crippen LogP contribution in [0.1, 0.15) is 45.7 Å². The topological polar surface area (TPSA) is 159 Å². The molecule has 0 aromatic heterocycles. The number of carbonyl (C=O) groups is 5. The summed E-state index contributed by atoms with van der Waals surface area (Å²) in [5, 5.41) is 0. The van der Waals surface area contributed by atoms with E-state index >= 15 is 0 Å². The van der Waals surface area contributed by atoms with Gasteiger partial charge in [0.15, 0.2) is 12.7 Å². The van der Waals surface area contributed by atoms with Crippen LogP contribution in [0.4, 0.5) is 0 Å². The van der Waals surface area contributed by atoms with E-state index in [9.17, 15) is 24.0 Å². The van der Waals surface area contributed by atoms with Gasteiger partial charge >= 0.3 is 29.8 Å². The maximum atomic E-state index is 12.5. The molecule has 0 bridgehead atoms. The van der Waals surface area contributed by atoms with Gasteiger partial charge in [-0.05, 0) is 11.1 Å². The van der Waals surface area contributed by atoms with E-state index in [-0.39, 0.29) is 19.8 Å². The second kappa shape index (κ2) is 16.7. The lowest BCUT2D eigenvalue weighted by molar-refractivity contribution is -0.375. The van der Waals surface area contributed by atoms with Gasteiger partial charge in [-0.1, -0.05) is 60.7 Å². The lowest BCUT2D eigenvalue weighted by Gasteiger charge is -2.51. The lowest BCUT2D eigenvalue weighted by atomic mass is 9.89. The summed E-state index contributed by atoms with van der Waals surface area (Å²) in [5.74, 6) is -6.28. The summed E-state index contributed by atoms with van der Waals surface area (Å²) >= 11 is 0. The molecular weight excluding hydrogens is 592 g/mol. The predicted octanol–water partition coefficient (Wildman–Crippen LogP) is 2.81. The molecule has 1 heterocycles. The van der Waals surface area contributed by atoms with Crippen molar-refractivity contribution >= 4 is 29.8 Å². The van der Waals surface area contributed by atoms with Gasteiger partial charge in [0.05, 0.1) is 13.2 Å². The lowest BCUT2D eigenvalue weighted by Crippen LogP contribution is -2.72. The highest BCUT2D eigenvalue weighted by Crippen LogP contribution is 2.39. The zero-order chi connectivity index (χ0) is 33.0. The summed E-state index contributed by atoms with van der Waals surface area (Å²) in [6.07, 6.45) is -6.91. The molecule has 0 unspecified atom stereocenters. The molecule has 13 nitrogen and oxygen atoms in total. The minimum Gasteiger partial charge on any atom is -0.463 e. The Bertz CT molecular complexity index is 1300. The smallest absolute Gasteiger partial charge is 0.305 e. The Morgan fingerprint density at radius 2 is 1.24 bits per heavy atom. The van der Waals surface area contributed by atoms with Crippen LogP contribution >= 0.6 is 0 Å². The monoisotopic (exact) mass is 630 g/mol. The first-order valence-electron chi connectivity index (χ1n) is 14.2. The first-order chi connectivity index (χ1) is 21.4. The van der Waals surface area contributed by atoms with Gasteiger partial charge in [-0.25, -0.2) is 0 Å². The van der Waals surface area contributed by atoms with Crippen LogP contribution in [0.5, 0.6) is 0 Å². The van der Waals surface area contributed by atoms with E-state index < -0.39 is 72.8 Å². The molecular formula is C32H38O13. The molecule has 3 rings (SSSR count). The van der Waals surface area contributed by atoms with Crippen LogP contribution in [0.25, 0.3) is 0 Å². The van der Waals surface area contributed by atoms with E-state index in [0.717, 1.165) is 38.8 Å². The number of esters is 5. The third kappa shape index (κ3) is 10.7. The molecule has 2 aromatic rings. The first-order valence-corrected chi connectivity index (χ1v) is 14.2. The normalized spacial score (nSPS) is 23.2. The van der Waals surface area contributed by atoms with Crippen LogP contribution in [0.3, 0.4) is 0 Å². The molecule has 0 N–H and O–H groups in total. The summed E-state index contributed by atoms with van der Waals surface area (Å²) in [6.45, 7) is 4.48. The van der Waals surface area contributed by atoms with Gasteiger partial charge in [0.25, 0.3) is 5.79 Å². The molecule has 1 fully saturated rings. The van der Waals surface area contributed by atoms with Crippen LogP contribution < -0.4 is 0 Å². The van der Waals surface area contributed by atoms with E-state index in [1.54, 1.807) is 24.3 Å². The minimum absolute atomic E-state index is 0.0220. The third-order valence-electron chi connectivity index (χ3n) is 6.51. The predicted molar refractivity (Wildman–Crippen MR) is 154 cm³/mol. The highest BCUT2D eigenvalue weighted by molar-refractivity contribution is 5.69. The van der Waals surface area contributed by atoms with Crippen molar-refractivity contribution in [3.8, 4) is 0 Å². The zero-order valence-electron chi connectivity index (χ0n) is 25.8. The van der Waals surface area contributed by atoms with Gasteiger partial charge in [-0.3, -0.25) is 24.0 Å². The van der Waals surface area contributed by atoms with Gasteiger partial charge < -0.3 is 37.9 Å². The average molecular weight is 631 g/mol. The maximum absolute atomic E-state index is 12.5. The van der Waals surface area contributed by atoms with Crippen LogP contribution in [0.15, 0.2) is 60.7 Å². The number of benzene rings is 2. The van der Waals surface area contributed by atoms with E-state index in [1.165, 1.54) is 6.92 Å². The van der Waals surface area contributed by atoms with Gasteiger partial charge in [-0.15, -0.1) is 0 Å². The van der Waals surface area contributed by atoms with Crippen molar-refractivity contribution in [2.75, 3.05) is 13.2 Å². The third-order valence-corrected chi connectivity index (χ3v) is 6.51. The summed E-state index contributed by atoms with van der Waals surface area (Å²) in [6, 6.07) is 18.1. The molecule has 0 saturated carbocycles. The first kappa shape index (κ1) is 35.2. The second-order valence-corrected chi connectivity index (χ2v) is 10.3. The van der Waals surface area contributed by atoms with E-state index in [1.807, 2.05) is 36.4 Å². The molecule has 244 valence electrons. The maximum Gasteiger partial charge on any atom is 0.305 e. The fourth-order valence-electron chi connectivity index (χ4n) is 4.76. The van der Waals surface area contributed by atoms with Crippen molar-refractivity contribution in [1.82, 2.24) is 0 Å². The minimum atomic E-state index is -2.34. The summed E-state index contributed by atoms with van der Waals surface area (Å²) in [7, 11) is 0. The Balaban J connectivity index is 2.18. The molecule has 45 heavy (non-hydrogen) atoms. The molecule has 1 aliphatic rings. The van der Waals surface area contributed by atoms with Crippen LogP contribution in [0, 0.1) is 0 Å². The number of carbonyl (C=O) groups excluding carboxylic acids is 5. The highest BCUT2D eigenvalue weighted by atomic mass is 16.8. The average Bonchev–Trinajstić information content (AvgIpc) is 2.97. The Morgan fingerprint density at radius 1 is 0.689 bits per heavy atom. The van der Waals surface area contributed by atoms with Crippen LogP contribution in [0.2, 0.25) is 0 Å². The molecule has 0 amide bonds. The van der Waals surface area contributed by atoms with E-state index in [4.69, 9.17) is 37.9 Å². The molecule has 0 radical (unpaired) electrons. The van der Waals surface area contributed by atoms with Crippen molar-refractivity contribution in [3.63, 3.8) is 0 Å². The Labute approximate surface area is 260 Å². The summed E-state index contributed by atoms with van der Waals surface area (Å²) in [5.41, 5.74) is 1.50. The fourth-order valence-corrected chi connectivity index (χ4v) is 4.76. The van der Waals surface area contributed by atoms with Gasteiger partial charge in [0.2, 0.25) is 6.10 Å².